The summed E-state index contributed by atoms with van der Waals surface area (Å²) in [6.45, 7) is 2.42. The van der Waals surface area contributed by atoms with Crippen LogP contribution in [0.15, 0.2) is 24.3 Å². The van der Waals surface area contributed by atoms with Crippen molar-refractivity contribution in [1.82, 2.24) is 4.90 Å². The number of methoxy groups -OCH3 is 1. The van der Waals surface area contributed by atoms with Crippen molar-refractivity contribution in [3.8, 4) is 5.75 Å². The molecule has 0 N–H and O–H groups in total. The molecule has 1 heterocycles. The Kier molecular flexibility index (Phi) is 4.35. The summed E-state index contributed by atoms with van der Waals surface area (Å²) in [4.78, 5) is 36.1. The van der Waals surface area contributed by atoms with Crippen LogP contribution in [0.3, 0.4) is 0 Å². The minimum Gasteiger partial charge on any atom is -0.497 e. The van der Waals surface area contributed by atoms with Crippen LogP contribution in [0.25, 0.3) is 0 Å². The molecule has 1 aromatic carbocycles. The molecule has 1 aliphatic heterocycles. The van der Waals surface area contributed by atoms with Crippen LogP contribution in [0.1, 0.15) is 19.4 Å². The molecule has 1 unspecified atom stereocenters. The number of hydrogen-bond donors (Lipinski definition) is 0. The van der Waals surface area contributed by atoms with E-state index in [4.69, 9.17) is 14.2 Å². The molecule has 2 amide bonds. The Balaban J connectivity index is 2.09. The van der Waals surface area contributed by atoms with Crippen LogP contribution in [-0.4, -0.2) is 42.2 Å². The molecule has 7 nitrogen and oxygen atoms in total. The van der Waals surface area contributed by atoms with Crippen LogP contribution >= 0.6 is 0 Å². The van der Waals surface area contributed by atoms with E-state index in [0.717, 1.165) is 10.5 Å². The van der Waals surface area contributed by atoms with Crippen molar-refractivity contribution in [2.45, 2.75) is 26.0 Å². The Morgan fingerprint density at radius 2 is 1.91 bits per heavy atom. The van der Waals surface area contributed by atoms with Gasteiger partial charge >= 0.3 is 12.1 Å². The normalized spacial score (nSPS) is 20.8. The monoisotopic (exact) mass is 307 g/mol. The Hall–Kier alpha value is -2.57. The van der Waals surface area contributed by atoms with Crippen LogP contribution in [0.2, 0.25) is 0 Å². The number of hydrogen-bond acceptors (Lipinski definition) is 6. The molecule has 0 radical (unpaired) electrons. The Morgan fingerprint density at radius 3 is 2.45 bits per heavy atom. The SMILES string of the molecule is COc1ccc(CN2C(=O)OC(C)(COC(C)=O)C2=O)cc1. The molecule has 118 valence electrons. The summed E-state index contributed by atoms with van der Waals surface area (Å²) >= 11 is 0. The first-order valence-electron chi connectivity index (χ1n) is 6.67. The number of imide groups is 1. The highest BCUT2D eigenvalue weighted by Crippen LogP contribution is 2.26. The number of amides is 2. The fraction of sp³-hybridized carbons (Fsp3) is 0.400. The topological polar surface area (TPSA) is 82.1 Å². The van der Waals surface area contributed by atoms with Crippen molar-refractivity contribution in [2.75, 3.05) is 13.7 Å². The number of carbonyl (C=O) groups excluding carboxylic acids is 3. The van der Waals surface area contributed by atoms with Crippen molar-refractivity contribution < 1.29 is 28.6 Å². The summed E-state index contributed by atoms with van der Waals surface area (Å²) in [5, 5.41) is 0. The minimum atomic E-state index is -1.48. The quantitative estimate of drug-likeness (QED) is 0.767. The Morgan fingerprint density at radius 1 is 1.27 bits per heavy atom. The molecule has 0 spiro atoms. The summed E-state index contributed by atoms with van der Waals surface area (Å²) in [7, 11) is 1.55. The lowest BCUT2D eigenvalue weighted by atomic mass is 10.1. The summed E-state index contributed by atoms with van der Waals surface area (Å²) < 4.78 is 14.9. The molecule has 1 aliphatic rings. The summed E-state index contributed by atoms with van der Waals surface area (Å²) in [6, 6.07) is 6.97. The van der Waals surface area contributed by atoms with Gasteiger partial charge in [0, 0.05) is 6.92 Å². The van der Waals surface area contributed by atoms with Gasteiger partial charge in [0.25, 0.3) is 5.91 Å². The van der Waals surface area contributed by atoms with Gasteiger partial charge in [0.1, 0.15) is 12.4 Å². The zero-order valence-corrected chi connectivity index (χ0v) is 12.6. The zero-order chi connectivity index (χ0) is 16.3. The van der Waals surface area contributed by atoms with Gasteiger partial charge in [-0.2, -0.15) is 0 Å². The summed E-state index contributed by atoms with van der Waals surface area (Å²) in [5.74, 6) is -0.396. The van der Waals surface area contributed by atoms with Crippen molar-refractivity contribution in [3.63, 3.8) is 0 Å². The summed E-state index contributed by atoms with van der Waals surface area (Å²) in [6.07, 6.45) is -0.754. The lowest BCUT2D eigenvalue weighted by Gasteiger charge is -2.19. The maximum atomic E-state index is 12.3. The second kappa shape index (κ2) is 6.05. The van der Waals surface area contributed by atoms with E-state index in [2.05, 4.69) is 0 Å². The molecule has 0 aromatic heterocycles. The van der Waals surface area contributed by atoms with Gasteiger partial charge in [0.05, 0.1) is 13.7 Å². The van der Waals surface area contributed by atoms with Crippen LogP contribution in [-0.2, 0) is 25.6 Å². The number of ether oxygens (including phenoxy) is 3. The third-order valence-corrected chi connectivity index (χ3v) is 3.28. The van der Waals surface area contributed by atoms with Crippen LogP contribution < -0.4 is 4.74 Å². The standard InChI is InChI=1S/C15H17NO6/c1-10(17)21-9-15(2)13(18)16(14(19)22-15)8-11-4-6-12(20-3)7-5-11/h4-7H,8-9H2,1-3H3. The predicted molar refractivity (Wildman–Crippen MR) is 75.1 cm³/mol. The summed E-state index contributed by atoms with van der Waals surface area (Å²) in [5.41, 5.74) is -0.724. The van der Waals surface area contributed by atoms with Gasteiger partial charge in [-0.05, 0) is 24.6 Å². The van der Waals surface area contributed by atoms with Crippen LogP contribution in [0.4, 0.5) is 4.79 Å². The van der Waals surface area contributed by atoms with Crippen LogP contribution in [0.5, 0.6) is 5.75 Å². The van der Waals surface area contributed by atoms with E-state index in [1.54, 1.807) is 31.4 Å². The fourth-order valence-corrected chi connectivity index (χ4v) is 2.04. The van der Waals surface area contributed by atoms with Gasteiger partial charge in [-0.3, -0.25) is 9.59 Å². The molecule has 0 saturated carbocycles. The van der Waals surface area contributed by atoms with Gasteiger partial charge in [-0.15, -0.1) is 0 Å². The third-order valence-electron chi connectivity index (χ3n) is 3.28. The molecule has 0 bridgehead atoms. The molecule has 7 heteroatoms. The maximum Gasteiger partial charge on any atom is 0.418 e. The number of nitrogens with zero attached hydrogens (tertiary/aromatic N) is 1. The molecule has 1 saturated heterocycles. The first kappa shape index (κ1) is 15.8. The number of benzene rings is 1. The molecule has 1 aromatic rings. The predicted octanol–water partition coefficient (Wildman–Crippen LogP) is 1.50. The highest BCUT2D eigenvalue weighted by molar-refractivity contribution is 6.02. The van der Waals surface area contributed by atoms with E-state index < -0.39 is 23.6 Å². The maximum absolute atomic E-state index is 12.3. The third kappa shape index (κ3) is 3.19. The molecule has 1 fully saturated rings. The molecule has 1 atom stereocenters. The van der Waals surface area contributed by atoms with E-state index in [1.165, 1.54) is 13.8 Å². The zero-order valence-electron chi connectivity index (χ0n) is 12.6. The molecule has 22 heavy (non-hydrogen) atoms. The lowest BCUT2D eigenvalue weighted by Crippen LogP contribution is -2.42. The smallest absolute Gasteiger partial charge is 0.418 e. The first-order chi connectivity index (χ1) is 10.4. The van der Waals surface area contributed by atoms with Crippen LogP contribution in [0, 0.1) is 0 Å². The highest BCUT2D eigenvalue weighted by atomic mass is 16.6. The number of rotatable bonds is 5. The highest BCUT2D eigenvalue weighted by Gasteiger charge is 2.51. The van der Waals surface area contributed by atoms with E-state index in [1.807, 2.05) is 0 Å². The van der Waals surface area contributed by atoms with Crippen molar-refractivity contribution in [3.05, 3.63) is 29.8 Å². The first-order valence-corrected chi connectivity index (χ1v) is 6.67. The second-order valence-electron chi connectivity index (χ2n) is 5.12. The lowest BCUT2D eigenvalue weighted by molar-refractivity contribution is -0.152. The minimum absolute atomic E-state index is 0.0807. The molecule has 2 rings (SSSR count). The van der Waals surface area contributed by atoms with Crippen molar-refractivity contribution >= 4 is 18.0 Å². The largest absolute Gasteiger partial charge is 0.497 e. The van der Waals surface area contributed by atoms with Crippen molar-refractivity contribution in [1.29, 1.82) is 0 Å². The van der Waals surface area contributed by atoms with Gasteiger partial charge in [0.15, 0.2) is 0 Å². The van der Waals surface area contributed by atoms with E-state index in [0.29, 0.717) is 5.75 Å². The Bertz CT molecular complexity index is 597. The second-order valence-corrected chi connectivity index (χ2v) is 5.12. The van der Waals surface area contributed by atoms with Gasteiger partial charge in [-0.25, -0.2) is 9.69 Å². The number of cyclic esters (lactones) is 1. The van der Waals surface area contributed by atoms with Gasteiger partial charge in [-0.1, -0.05) is 12.1 Å². The van der Waals surface area contributed by atoms with Gasteiger partial charge in [0.2, 0.25) is 5.60 Å². The van der Waals surface area contributed by atoms with E-state index >= 15 is 0 Å². The molecule has 0 aliphatic carbocycles. The van der Waals surface area contributed by atoms with Crippen molar-refractivity contribution in [2.24, 2.45) is 0 Å². The van der Waals surface area contributed by atoms with E-state index in [-0.39, 0.29) is 13.2 Å². The molecular weight excluding hydrogens is 290 g/mol. The average molecular weight is 307 g/mol. The Labute approximate surface area is 127 Å². The average Bonchev–Trinajstić information content (AvgIpc) is 2.70. The van der Waals surface area contributed by atoms with E-state index in [9.17, 15) is 14.4 Å². The fourth-order valence-electron chi connectivity index (χ4n) is 2.04. The van der Waals surface area contributed by atoms with Gasteiger partial charge < -0.3 is 14.2 Å². The number of carbonyl (C=O) groups is 3. The molecular formula is C15H17NO6. The number of esters is 1.